The fourth-order valence-electron chi connectivity index (χ4n) is 2.41. The van der Waals surface area contributed by atoms with Crippen molar-refractivity contribution >= 4 is 17.6 Å². The van der Waals surface area contributed by atoms with Crippen LogP contribution in [0.1, 0.15) is 34.5 Å². The SMILES string of the molecule is C.Cc1ccc(C)c(O)c1.O=C1C=Cc2ccccc2C1=O.Oc1ccccc1O. The van der Waals surface area contributed by atoms with Gasteiger partial charge in [0.2, 0.25) is 11.6 Å². The van der Waals surface area contributed by atoms with Crippen LogP contribution in [-0.4, -0.2) is 26.9 Å². The van der Waals surface area contributed by atoms with Crippen molar-refractivity contribution in [1.29, 1.82) is 0 Å². The highest BCUT2D eigenvalue weighted by Gasteiger charge is 2.19. The zero-order chi connectivity index (χ0) is 21.4. The predicted octanol–water partition coefficient (Wildman–Crippen LogP) is 5.21. The molecule has 5 heteroatoms. The Kier molecular flexibility index (Phi) is 9.04. The average Bonchev–Trinajstić information content (AvgIpc) is 2.71. The van der Waals surface area contributed by atoms with Crippen LogP contribution in [0.2, 0.25) is 0 Å². The third-order valence-electron chi connectivity index (χ3n) is 4.09. The quantitative estimate of drug-likeness (QED) is 0.352. The minimum atomic E-state index is -0.436. The molecule has 0 atom stereocenters. The molecule has 0 fully saturated rings. The van der Waals surface area contributed by atoms with Gasteiger partial charge in [-0.05, 0) is 54.8 Å². The molecule has 0 radical (unpaired) electrons. The number of allylic oxidation sites excluding steroid dienone is 1. The molecule has 0 amide bonds. The molecule has 0 saturated heterocycles. The number of phenols is 3. The van der Waals surface area contributed by atoms with Crippen LogP contribution < -0.4 is 0 Å². The van der Waals surface area contributed by atoms with Crippen molar-refractivity contribution in [2.75, 3.05) is 0 Å². The van der Waals surface area contributed by atoms with Gasteiger partial charge in [0.1, 0.15) is 5.75 Å². The van der Waals surface area contributed by atoms with Gasteiger partial charge in [-0.15, -0.1) is 0 Å². The van der Waals surface area contributed by atoms with E-state index < -0.39 is 11.6 Å². The Morgan fingerprint density at radius 1 is 0.667 bits per heavy atom. The number of benzene rings is 3. The molecule has 3 aromatic carbocycles. The van der Waals surface area contributed by atoms with Crippen molar-refractivity contribution in [2.24, 2.45) is 0 Å². The molecule has 30 heavy (non-hydrogen) atoms. The molecule has 0 unspecified atom stereocenters. The number of fused-ring (bicyclic) bond motifs is 1. The molecule has 3 aromatic rings. The fraction of sp³-hybridized carbons (Fsp3) is 0.120. The molecule has 0 bridgehead atoms. The molecule has 4 rings (SSSR count). The van der Waals surface area contributed by atoms with Crippen LogP contribution in [0.5, 0.6) is 17.2 Å². The Balaban J connectivity index is 0.000000227. The molecular formula is C25H26O5. The van der Waals surface area contributed by atoms with Crippen molar-refractivity contribution in [3.63, 3.8) is 0 Å². The lowest BCUT2D eigenvalue weighted by Gasteiger charge is -2.06. The van der Waals surface area contributed by atoms with Gasteiger partial charge in [0, 0.05) is 5.56 Å². The second-order valence-corrected chi connectivity index (χ2v) is 6.39. The normalized spacial score (nSPS) is 11.1. The van der Waals surface area contributed by atoms with Gasteiger partial charge in [-0.1, -0.05) is 62.0 Å². The molecule has 0 aromatic heterocycles. The highest BCUT2D eigenvalue weighted by Crippen LogP contribution is 2.21. The number of rotatable bonds is 0. The van der Waals surface area contributed by atoms with E-state index in [2.05, 4.69) is 0 Å². The van der Waals surface area contributed by atoms with Crippen LogP contribution >= 0.6 is 0 Å². The maximum atomic E-state index is 11.2. The number of carbonyl (C=O) groups is 2. The molecule has 156 valence electrons. The van der Waals surface area contributed by atoms with Gasteiger partial charge in [0.05, 0.1) is 0 Å². The molecule has 0 spiro atoms. The summed E-state index contributed by atoms with van der Waals surface area (Å²) in [5.74, 6) is -0.614. The van der Waals surface area contributed by atoms with E-state index in [1.54, 1.807) is 36.4 Å². The van der Waals surface area contributed by atoms with Crippen LogP contribution in [0, 0.1) is 13.8 Å². The first-order chi connectivity index (χ1) is 13.8. The highest BCUT2D eigenvalue weighted by molar-refractivity contribution is 6.49. The Morgan fingerprint density at radius 3 is 1.77 bits per heavy atom. The van der Waals surface area contributed by atoms with Gasteiger partial charge in [-0.3, -0.25) is 9.59 Å². The lowest BCUT2D eigenvalue weighted by molar-refractivity contribution is -0.110. The second-order valence-electron chi connectivity index (χ2n) is 6.39. The van der Waals surface area contributed by atoms with Crippen molar-refractivity contribution < 1.29 is 24.9 Å². The zero-order valence-corrected chi connectivity index (χ0v) is 16.2. The molecular weight excluding hydrogens is 380 g/mol. The first kappa shape index (κ1) is 24.2. The number of para-hydroxylation sites is 2. The summed E-state index contributed by atoms with van der Waals surface area (Å²) in [7, 11) is 0. The Morgan fingerprint density at radius 2 is 1.23 bits per heavy atom. The Hall–Kier alpha value is -3.86. The van der Waals surface area contributed by atoms with Gasteiger partial charge in [-0.2, -0.15) is 0 Å². The molecule has 3 N–H and O–H groups in total. The summed E-state index contributed by atoms with van der Waals surface area (Å²) in [5, 5.41) is 26.4. The van der Waals surface area contributed by atoms with Crippen molar-refractivity contribution in [3.8, 4) is 17.2 Å². The Labute approximate surface area is 176 Å². The average molecular weight is 406 g/mol. The summed E-state index contributed by atoms with van der Waals surface area (Å²) in [6.45, 7) is 3.84. The van der Waals surface area contributed by atoms with Crippen molar-refractivity contribution in [1.82, 2.24) is 0 Å². The zero-order valence-electron chi connectivity index (χ0n) is 16.2. The van der Waals surface area contributed by atoms with E-state index >= 15 is 0 Å². The van der Waals surface area contributed by atoms with E-state index in [1.165, 1.54) is 18.2 Å². The summed E-state index contributed by atoms with van der Waals surface area (Å²) < 4.78 is 0. The molecule has 1 aliphatic carbocycles. The van der Waals surface area contributed by atoms with Crippen LogP contribution in [0.3, 0.4) is 0 Å². The van der Waals surface area contributed by atoms with Crippen LogP contribution in [-0.2, 0) is 4.79 Å². The summed E-state index contributed by atoms with van der Waals surface area (Å²) in [4.78, 5) is 22.1. The van der Waals surface area contributed by atoms with Gasteiger partial charge in [0.15, 0.2) is 11.5 Å². The summed E-state index contributed by atoms with van der Waals surface area (Å²) >= 11 is 0. The standard InChI is InChI=1S/C10H6O2.C8H10O.C6H6O2.CH4/c11-9-6-5-7-3-1-2-4-8(7)10(9)12;1-6-3-4-7(2)8(9)5-6;7-5-3-1-2-4-6(5)8;/h1-6H;3-5,9H,1-2H3;1-4,7-8H;1H4. The topological polar surface area (TPSA) is 94.8 Å². The minimum Gasteiger partial charge on any atom is -0.508 e. The molecule has 1 aliphatic rings. The lowest BCUT2D eigenvalue weighted by atomic mass is 9.96. The third kappa shape index (κ3) is 6.63. The van der Waals surface area contributed by atoms with Gasteiger partial charge in [-0.25, -0.2) is 0 Å². The van der Waals surface area contributed by atoms with Crippen molar-refractivity contribution in [3.05, 3.63) is 95.1 Å². The van der Waals surface area contributed by atoms with Gasteiger partial charge in [0.25, 0.3) is 0 Å². The minimum absolute atomic E-state index is 0. The maximum Gasteiger partial charge on any atom is 0.233 e. The molecule has 0 aliphatic heterocycles. The first-order valence-corrected chi connectivity index (χ1v) is 8.88. The van der Waals surface area contributed by atoms with E-state index in [0.29, 0.717) is 11.3 Å². The highest BCUT2D eigenvalue weighted by atomic mass is 16.3. The summed E-state index contributed by atoms with van der Waals surface area (Å²) in [5.41, 5.74) is 3.35. The van der Waals surface area contributed by atoms with E-state index in [1.807, 2.05) is 38.1 Å². The number of aryl methyl sites for hydroxylation is 2. The fourth-order valence-corrected chi connectivity index (χ4v) is 2.41. The van der Waals surface area contributed by atoms with Gasteiger partial charge >= 0.3 is 0 Å². The summed E-state index contributed by atoms with van der Waals surface area (Å²) in [6.07, 6.45) is 2.98. The van der Waals surface area contributed by atoms with Crippen molar-refractivity contribution in [2.45, 2.75) is 21.3 Å². The van der Waals surface area contributed by atoms with Crippen LogP contribution in [0.25, 0.3) is 6.08 Å². The number of hydrogen-bond acceptors (Lipinski definition) is 5. The maximum absolute atomic E-state index is 11.2. The first-order valence-electron chi connectivity index (χ1n) is 8.88. The molecule has 0 saturated carbocycles. The number of hydrogen-bond donors (Lipinski definition) is 3. The largest absolute Gasteiger partial charge is 0.508 e. The number of phenolic OH excluding ortho intramolecular Hbond substituents is 3. The third-order valence-corrected chi connectivity index (χ3v) is 4.09. The monoisotopic (exact) mass is 406 g/mol. The predicted molar refractivity (Wildman–Crippen MR) is 119 cm³/mol. The van der Waals surface area contributed by atoms with Crippen LogP contribution in [0.4, 0.5) is 0 Å². The lowest BCUT2D eigenvalue weighted by Crippen LogP contribution is -2.15. The Bertz CT molecular complexity index is 1030. The molecule has 5 nitrogen and oxygen atoms in total. The number of ketones is 2. The van der Waals surface area contributed by atoms with E-state index in [-0.39, 0.29) is 18.9 Å². The van der Waals surface area contributed by atoms with Crippen LogP contribution in [0.15, 0.2) is 72.8 Å². The van der Waals surface area contributed by atoms with Gasteiger partial charge < -0.3 is 15.3 Å². The number of aromatic hydroxyl groups is 3. The number of Topliss-reactive ketones (excluding diaryl/α,β-unsaturated/α-hetero) is 1. The van der Waals surface area contributed by atoms with E-state index in [4.69, 9.17) is 15.3 Å². The summed E-state index contributed by atoms with van der Waals surface area (Å²) in [6, 6.07) is 18.9. The van der Waals surface area contributed by atoms with E-state index in [0.717, 1.165) is 16.7 Å². The number of carbonyl (C=O) groups excluding carboxylic acids is 2. The van der Waals surface area contributed by atoms with E-state index in [9.17, 15) is 9.59 Å². The smallest absolute Gasteiger partial charge is 0.233 e. The molecule has 0 heterocycles. The second kappa shape index (κ2) is 11.2.